The molecule has 2 unspecified atom stereocenters. The van der Waals surface area contributed by atoms with E-state index in [0.717, 1.165) is 25.0 Å². The average molecular weight is 266 g/mol. The van der Waals surface area contributed by atoms with Crippen LogP contribution in [-0.2, 0) is 4.74 Å². The molecular weight excluding hydrogens is 251 g/mol. The highest BCUT2D eigenvalue weighted by Gasteiger charge is 2.25. The smallest absolute Gasteiger partial charge is 0.178 e. The van der Waals surface area contributed by atoms with Gasteiger partial charge in [0.15, 0.2) is 4.77 Å². The Kier molecular flexibility index (Phi) is 2.95. The number of H-pyrrole nitrogens is 1. The third-order valence-corrected chi connectivity index (χ3v) is 3.91. The van der Waals surface area contributed by atoms with Crippen LogP contribution in [0.15, 0.2) is 18.2 Å². The number of benzene rings is 1. The molecule has 3 nitrogen and oxygen atoms in total. The van der Waals surface area contributed by atoms with Crippen molar-refractivity contribution in [2.75, 3.05) is 6.61 Å². The minimum Gasteiger partial charge on any atom is -0.376 e. The molecule has 0 saturated carbocycles. The van der Waals surface area contributed by atoms with Gasteiger partial charge in [-0.3, -0.25) is 0 Å². The van der Waals surface area contributed by atoms with E-state index >= 15 is 0 Å². The molecule has 0 radical (unpaired) electrons. The molecule has 1 aliphatic rings. The number of fused-ring (bicyclic) bond motifs is 1. The lowest BCUT2D eigenvalue weighted by atomic mass is 10.1. The topological polar surface area (TPSA) is 29.9 Å². The minimum absolute atomic E-state index is 0.121. The summed E-state index contributed by atoms with van der Waals surface area (Å²) in [5.41, 5.74) is 1.29. The molecule has 96 valence electrons. The van der Waals surface area contributed by atoms with E-state index in [1.165, 1.54) is 6.07 Å². The highest BCUT2D eigenvalue weighted by atomic mass is 32.1. The molecule has 5 heteroatoms. The van der Waals surface area contributed by atoms with Crippen molar-refractivity contribution >= 4 is 23.3 Å². The van der Waals surface area contributed by atoms with Crippen molar-refractivity contribution in [2.45, 2.75) is 31.9 Å². The highest BCUT2D eigenvalue weighted by molar-refractivity contribution is 7.71. The fourth-order valence-corrected chi connectivity index (χ4v) is 3.03. The normalized spacial score (nSPS) is 21.6. The van der Waals surface area contributed by atoms with Crippen LogP contribution in [0.2, 0.25) is 0 Å². The fraction of sp³-hybridized carbons (Fsp3) is 0.462. The van der Waals surface area contributed by atoms with Gasteiger partial charge in [-0.15, -0.1) is 0 Å². The van der Waals surface area contributed by atoms with E-state index in [-0.39, 0.29) is 18.0 Å². The maximum absolute atomic E-state index is 13.7. The number of ether oxygens (including phenoxy) is 1. The number of imidazole rings is 1. The van der Waals surface area contributed by atoms with E-state index in [1.807, 2.05) is 10.6 Å². The molecule has 1 aliphatic heterocycles. The van der Waals surface area contributed by atoms with Crippen molar-refractivity contribution in [1.82, 2.24) is 9.55 Å². The molecule has 18 heavy (non-hydrogen) atoms. The Morgan fingerprint density at radius 1 is 1.56 bits per heavy atom. The van der Waals surface area contributed by atoms with Crippen molar-refractivity contribution in [1.29, 1.82) is 0 Å². The molecule has 0 spiro atoms. The molecule has 0 aliphatic carbocycles. The second-order valence-electron chi connectivity index (χ2n) is 4.73. The summed E-state index contributed by atoms with van der Waals surface area (Å²) in [6.07, 6.45) is 2.28. The number of halogens is 1. The Morgan fingerprint density at radius 3 is 3.11 bits per heavy atom. The van der Waals surface area contributed by atoms with Crippen LogP contribution in [0.25, 0.3) is 11.0 Å². The van der Waals surface area contributed by atoms with Gasteiger partial charge in [0, 0.05) is 6.61 Å². The molecule has 2 atom stereocenters. The fourth-order valence-electron chi connectivity index (χ4n) is 2.67. The van der Waals surface area contributed by atoms with E-state index < -0.39 is 0 Å². The lowest BCUT2D eigenvalue weighted by Crippen LogP contribution is -2.20. The predicted molar refractivity (Wildman–Crippen MR) is 70.8 cm³/mol. The standard InChI is InChI=1S/C13H15FN2OS/c1-8(11-6-3-7-17-11)16-10-5-2-4-9(14)12(10)15-13(16)18/h2,4-5,8,11H,3,6-7H2,1H3,(H,15,18). The molecule has 1 N–H and O–H groups in total. The van der Waals surface area contributed by atoms with Gasteiger partial charge in [-0.2, -0.15) is 0 Å². The summed E-state index contributed by atoms with van der Waals surface area (Å²) in [7, 11) is 0. The van der Waals surface area contributed by atoms with Gasteiger partial charge >= 0.3 is 0 Å². The number of hydrogen-bond acceptors (Lipinski definition) is 2. The molecule has 1 fully saturated rings. The summed E-state index contributed by atoms with van der Waals surface area (Å²) in [5.74, 6) is -0.267. The Balaban J connectivity index is 2.13. The number of aromatic amines is 1. The zero-order chi connectivity index (χ0) is 12.7. The number of para-hydroxylation sites is 1. The van der Waals surface area contributed by atoms with E-state index in [9.17, 15) is 4.39 Å². The van der Waals surface area contributed by atoms with E-state index in [4.69, 9.17) is 17.0 Å². The van der Waals surface area contributed by atoms with E-state index in [2.05, 4.69) is 11.9 Å². The van der Waals surface area contributed by atoms with Gasteiger partial charge in [0.25, 0.3) is 0 Å². The summed E-state index contributed by atoms with van der Waals surface area (Å²) < 4.78 is 21.9. The lowest BCUT2D eigenvalue weighted by molar-refractivity contribution is 0.0741. The van der Waals surface area contributed by atoms with Gasteiger partial charge in [-0.05, 0) is 44.1 Å². The maximum atomic E-state index is 13.7. The first-order valence-electron chi connectivity index (χ1n) is 6.19. The molecule has 2 aromatic rings. The highest BCUT2D eigenvalue weighted by Crippen LogP contribution is 2.28. The first-order valence-corrected chi connectivity index (χ1v) is 6.59. The van der Waals surface area contributed by atoms with Crippen LogP contribution in [0.1, 0.15) is 25.8 Å². The molecule has 3 rings (SSSR count). The van der Waals surface area contributed by atoms with Crippen molar-refractivity contribution in [3.05, 3.63) is 28.8 Å². The Labute approximate surface area is 110 Å². The van der Waals surface area contributed by atoms with Crippen molar-refractivity contribution in [2.24, 2.45) is 0 Å². The van der Waals surface area contributed by atoms with Crippen LogP contribution >= 0.6 is 12.2 Å². The van der Waals surface area contributed by atoms with Crippen molar-refractivity contribution in [3.8, 4) is 0 Å². The lowest BCUT2D eigenvalue weighted by Gasteiger charge is -2.20. The molecule has 0 bridgehead atoms. The van der Waals surface area contributed by atoms with Gasteiger partial charge in [0.05, 0.1) is 17.7 Å². The van der Waals surface area contributed by atoms with E-state index in [0.29, 0.717) is 10.3 Å². The third kappa shape index (κ3) is 1.78. The molecule has 0 amide bonds. The van der Waals surface area contributed by atoms with Crippen LogP contribution in [0.4, 0.5) is 4.39 Å². The monoisotopic (exact) mass is 266 g/mol. The largest absolute Gasteiger partial charge is 0.376 e. The molecule has 1 saturated heterocycles. The quantitative estimate of drug-likeness (QED) is 0.842. The van der Waals surface area contributed by atoms with Gasteiger partial charge in [-0.25, -0.2) is 4.39 Å². The number of aromatic nitrogens is 2. The van der Waals surface area contributed by atoms with Crippen LogP contribution < -0.4 is 0 Å². The van der Waals surface area contributed by atoms with Crippen LogP contribution in [0.3, 0.4) is 0 Å². The van der Waals surface area contributed by atoms with Crippen molar-refractivity contribution < 1.29 is 9.13 Å². The molecule has 1 aromatic heterocycles. The number of rotatable bonds is 2. The van der Waals surface area contributed by atoms with Gasteiger partial charge in [0.1, 0.15) is 11.3 Å². The third-order valence-electron chi connectivity index (χ3n) is 3.61. The SMILES string of the molecule is CC(C1CCCO1)n1c(=S)[nH]c2c(F)cccc21. The average Bonchev–Trinajstić information content (AvgIpc) is 2.96. The van der Waals surface area contributed by atoms with Gasteiger partial charge < -0.3 is 14.3 Å². The maximum Gasteiger partial charge on any atom is 0.178 e. The Morgan fingerprint density at radius 2 is 2.39 bits per heavy atom. The van der Waals surface area contributed by atoms with Crippen molar-refractivity contribution in [3.63, 3.8) is 0 Å². The molecule has 1 aromatic carbocycles. The minimum atomic E-state index is -0.267. The van der Waals surface area contributed by atoms with Crippen LogP contribution in [0, 0.1) is 10.6 Å². The zero-order valence-corrected chi connectivity index (χ0v) is 11.0. The van der Waals surface area contributed by atoms with Gasteiger partial charge in [0.2, 0.25) is 0 Å². The Hall–Kier alpha value is -1.20. The molecule has 2 heterocycles. The number of nitrogens with one attached hydrogen (secondary N) is 1. The van der Waals surface area contributed by atoms with Crippen LogP contribution in [-0.4, -0.2) is 22.3 Å². The summed E-state index contributed by atoms with van der Waals surface area (Å²) in [6, 6.07) is 5.15. The van der Waals surface area contributed by atoms with Gasteiger partial charge in [-0.1, -0.05) is 6.07 Å². The zero-order valence-electron chi connectivity index (χ0n) is 10.1. The first kappa shape index (κ1) is 11.9. The summed E-state index contributed by atoms with van der Waals surface area (Å²) in [6.45, 7) is 2.88. The second-order valence-corrected chi connectivity index (χ2v) is 5.11. The van der Waals surface area contributed by atoms with E-state index in [1.54, 1.807) is 6.07 Å². The molecular formula is C13H15FN2OS. The first-order chi connectivity index (χ1) is 8.68. The predicted octanol–water partition coefficient (Wildman–Crippen LogP) is 3.58. The summed E-state index contributed by atoms with van der Waals surface area (Å²) >= 11 is 5.31. The van der Waals surface area contributed by atoms with Crippen LogP contribution in [0.5, 0.6) is 0 Å². The summed E-state index contributed by atoms with van der Waals surface area (Å²) in [4.78, 5) is 2.95. The Bertz CT molecular complexity index is 627. The number of hydrogen-bond donors (Lipinski definition) is 1. The second kappa shape index (κ2) is 4.48. The summed E-state index contributed by atoms with van der Waals surface area (Å²) in [5, 5.41) is 0. The number of nitrogens with zero attached hydrogens (tertiary/aromatic N) is 1.